The molecule has 123 valence electrons. The molecule has 5 heteroatoms. The molecular weight excluding hydrogens is 353 g/mol. The predicted molar refractivity (Wildman–Crippen MR) is 109 cm³/mol. The van der Waals surface area contributed by atoms with E-state index in [1.807, 2.05) is 0 Å². The summed E-state index contributed by atoms with van der Waals surface area (Å²) in [7, 11) is 0.0214. The molecule has 2 aromatic rings. The second kappa shape index (κ2) is 9.42. The first-order chi connectivity index (χ1) is 10.8. The molecule has 2 rings (SSSR count). The summed E-state index contributed by atoms with van der Waals surface area (Å²) < 4.78 is 0. The van der Waals surface area contributed by atoms with Gasteiger partial charge in [0.1, 0.15) is 0 Å². The van der Waals surface area contributed by atoms with Gasteiger partial charge in [-0.25, -0.2) is 0 Å². The molecule has 1 nitrogen and oxygen atoms in total. The Morgan fingerprint density at radius 3 is 2.04 bits per heavy atom. The largest absolute Gasteiger partial charge is 0.289 e. The maximum absolute atomic E-state index is 12.8. The average molecular weight is 374 g/mol. The summed E-state index contributed by atoms with van der Waals surface area (Å²) >= 11 is 12.3. The van der Waals surface area contributed by atoms with Crippen molar-refractivity contribution in [2.75, 3.05) is 0 Å². The van der Waals surface area contributed by atoms with E-state index in [9.17, 15) is 4.79 Å². The van der Waals surface area contributed by atoms with Crippen LogP contribution in [0.3, 0.4) is 0 Å². The fraction of sp³-hybridized carbons (Fsp3) is 0.316. The Morgan fingerprint density at radius 2 is 1.54 bits per heavy atom. The van der Waals surface area contributed by atoms with Crippen molar-refractivity contribution in [1.29, 1.82) is 0 Å². The fourth-order valence-corrected chi connectivity index (χ4v) is 4.57. The molecule has 0 aliphatic rings. The predicted octanol–water partition coefficient (Wildman–Crippen LogP) is 6.00. The van der Waals surface area contributed by atoms with Crippen molar-refractivity contribution >= 4 is 61.5 Å². The Hall–Kier alpha value is -0.283. The maximum Gasteiger partial charge on any atom is 0.188 e. The van der Waals surface area contributed by atoms with Gasteiger partial charge in [-0.15, -0.1) is 0 Å². The number of halogens is 2. The molecule has 0 N–H and O–H groups in total. The van der Waals surface area contributed by atoms with Crippen molar-refractivity contribution in [3.63, 3.8) is 0 Å². The van der Waals surface area contributed by atoms with Gasteiger partial charge in [0.25, 0.3) is 0 Å². The smallest absolute Gasteiger partial charge is 0.188 e. The zero-order chi connectivity index (χ0) is 17.1. The van der Waals surface area contributed by atoms with Crippen molar-refractivity contribution in [3.05, 3.63) is 63.1 Å². The SMILES string of the molecule is CC(C)c1ccc(C(C)C)c(PC(=O)c2c(Cl)cccc2Cl)c1.[Li]. The number of rotatable bonds is 5. The third-order valence-corrected chi connectivity index (χ3v) is 5.61. The zero-order valence-electron chi connectivity index (χ0n) is 14.8. The quantitative estimate of drug-likeness (QED) is 0.463. The first kappa shape index (κ1) is 21.8. The van der Waals surface area contributed by atoms with Crippen LogP contribution in [-0.4, -0.2) is 24.4 Å². The summed E-state index contributed by atoms with van der Waals surface area (Å²) in [5.41, 5.74) is 2.88. The summed E-state index contributed by atoms with van der Waals surface area (Å²) in [6.07, 6.45) is 0. The molecule has 0 spiro atoms. The molecule has 1 unspecified atom stereocenters. The number of benzene rings is 2. The summed E-state index contributed by atoms with van der Waals surface area (Å²) in [4.78, 5) is 12.8. The Bertz CT molecular complexity index is 709. The molecule has 0 heterocycles. The molecule has 0 aliphatic carbocycles. The van der Waals surface area contributed by atoms with Crippen molar-refractivity contribution in [3.8, 4) is 0 Å². The van der Waals surface area contributed by atoms with Gasteiger partial charge in [-0.1, -0.05) is 75.2 Å². The van der Waals surface area contributed by atoms with Crippen LogP contribution in [0.1, 0.15) is 61.0 Å². The Morgan fingerprint density at radius 1 is 0.958 bits per heavy atom. The molecule has 0 amide bonds. The van der Waals surface area contributed by atoms with Gasteiger partial charge < -0.3 is 0 Å². The van der Waals surface area contributed by atoms with Gasteiger partial charge in [-0.05, 0) is 49.0 Å². The van der Waals surface area contributed by atoms with Gasteiger partial charge in [0.15, 0.2) is 5.52 Å². The van der Waals surface area contributed by atoms with Crippen molar-refractivity contribution in [2.45, 2.75) is 39.5 Å². The van der Waals surface area contributed by atoms with E-state index in [-0.39, 0.29) is 33.0 Å². The molecule has 2 aromatic carbocycles. The van der Waals surface area contributed by atoms with E-state index in [1.54, 1.807) is 18.2 Å². The van der Waals surface area contributed by atoms with Gasteiger partial charge in [0.2, 0.25) is 0 Å². The van der Waals surface area contributed by atoms with Crippen LogP contribution < -0.4 is 5.30 Å². The van der Waals surface area contributed by atoms with E-state index in [0.717, 1.165) is 5.30 Å². The standard InChI is InChI=1S/C19H21Cl2OP.Li/c1-11(2)13-8-9-14(12(3)4)17(10-13)23-19(22)18-15(20)6-5-7-16(18)21;/h5-12,23H,1-4H3;. The van der Waals surface area contributed by atoms with Crippen molar-refractivity contribution < 1.29 is 4.79 Å². The van der Waals surface area contributed by atoms with E-state index in [4.69, 9.17) is 23.2 Å². The van der Waals surface area contributed by atoms with Gasteiger partial charge in [0.05, 0.1) is 15.6 Å². The number of carbonyl (C=O) groups excluding carboxylic acids is 1. The van der Waals surface area contributed by atoms with Crippen LogP contribution in [0.5, 0.6) is 0 Å². The monoisotopic (exact) mass is 373 g/mol. The minimum absolute atomic E-state index is 0. The molecule has 0 aliphatic heterocycles. The topological polar surface area (TPSA) is 17.1 Å². The third kappa shape index (κ3) is 5.11. The molecule has 1 radical (unpaired) electrons. The summed E-state index contributed by atoms with van der Waals surface area (Å²) in [6.45, 7) is 8.60. The molecule has 24 heavy (non-hydrogen) atoms. The Labute approximate surface area is 168 Å². The molecule has 0 saturated heterocycles. The van der Waals surface area contributed by atoms with Crippen LogP contribution >= 0.6 is 31.8 Å². The van der Waals surface area contributed by atoms with E-state index < -0.39 is 0 Å². The van der Waals surface area contributed by atoms with Crippen LogP contribution in [0.2, 0.25) is 10.0 Å². The van der Waals surface area contributed by atoms with Crippen LogP contribution in [0, 0.1) is 0 Å². The molecule has 1 atom stereocenters. The first-order valence-corrected chi connectivity index (χ1v) is 9.46. The maximum atomic E-state index is 12.8. The van der Waals surface area contributed by atoms with E-state index in [2.05, 4.69) is 45.9 Å². The van der Waals surface area contributed by atoms with Crippen LogP contribution in [0.25, 0.3) is 0 Å². The minimum Gasteiger partial charge on any atom is -0.289 e. The molecule has 0 bridgehead atoms. The minimum atomic E-state index is -0.0107. The molecule has 0 aromatic heterocycles. The van der Waals surface area contributed by atoms with Gasteiger partial charge >= 0.3 is 0 Å². The summed E-state index contributed by atoms with van der Waals surface area (Å²) in [5, 5.41) is 1.93. The van der Waals surface area contributed by atoms with Crippen LogP contribution in [-0.2, 0) is 0 Å². The van der Waals surface area contributed by atoms with E-state index >= 15 is 0 Å². The molecular formula is C19H21Cl2LiOP. The molecule has 0 fully saturated rings. The van der Waals surface area contributed by atoms with E-state index in [0.29, 0.717) is 27.4 Å². The number of carbonyl (C=O) groups is 1. The first-order valence-electron chi connectivity index (χ1n) is 7.70. The van der Waals surface area contributed by atoms with Crippen LogP contribution in [0.15, 0.2) is 36.4 Å². The number of hydrogen-bond donors (Lipinski definition) is 0. The van der Waals surface area contributed by atoms with Gasteiger partial charge in [-0.2, -0.15) is 0 Å². The van der Waals surface area contributed by atoms with Crippen LogP contribution in [0.4, 0.5) is 0 Å². The van der Waals surface area contributed by atoms with E-state index in [1.165, 1.54) is 11.1 Å². The third-order valence-electron chi connectivity index (χ3n) is 3.80. The second-order valence-electron chi connectivity index (χ2n) is 6.21. The van der Waals surface area contributed by atoms with Crippen molar-refractivity contribution in [1.82, 2.24) is 0 Å². The van der Waals surface area contributed by atoms with Crippen molar-refractivity contribution in [2.24, 2.45) is 0 Å². The number of hydrogen-bond acceptors (Lipinski definition) is 1. The molecule has 0 saturated carbocycles. The normalized spacial score (nSPS) is 11.3. The van der Waals surface area contributed by atoms with Gasteiger partial charge in [0, 0.05) is 18.9 Å². The zero-order valence-corrected chi connectivity index (χ0v) is 17.3. The second-order valence-corrected chi connectivity index (χ2v) is 8.26. The summed E-state index contributed by atoms with van der Waals surface area (Å²) in [5.74, 6) is 0.798. The Balaban J connectivity index is 0.00000288. The average Bonchev–Trinajstić information content (AvgIpc) is 2.46. The summed E-state index contributed by atoms with van der Waals surface area (Å²) in [6, 6.07) is 11.6. The Kier molecular flexibility index (Phi) is 8.54. The van der Waals surface area contributed by atoms with Gasteiger partial charge in [-0.3, -0.25) is 4.79 Å². The fourth-order valence-electron chi connectivity index (χ4n) is 2.44.